The fraction of sp³-hybridized carbons (Fsp3) is 0.545. The van der Waals surface area contributed by atoms with E-state index in [9.17, 15) is 0 Å². The molecule has 1 aromatic rings. The summed E-state index contributed by atoms with van der Waals surface area (Å²) in [5.41, 5.74) is 3.98. The lowest BCUT2D eigenvalue weighted by atomic mass is 9.98. The van der Waals surface area contributed by atoms with E-state index in [0.29, 0.717) is 5.92 Å². The third-order valence-electron chi connectivity index (χ3n) is 2.12. The van der Waals surface area contributed by atoms with Crippen LogP contribution in [0.25, 0.3) is 0 Å². The van der Waals surface area contributed by atoms with Gasteiger partial charge in [-0.05, 0) is 43.4 Å². The highest BCUT2D eigenvalue weighted by molar-refractivity contribution is 5.28. The molecule has 1 aromatic heterocycles. The van der Waals surface area contributed by atoms with E-state index in [2.05, 4.69) is 38.7 Å². The van der Waals surface area contributed by atoms with Crippen LogP contribution in [0.3, 0.4) is 0 Å². The maximum Gasteiger partial charge on any atom is 0.0407 e. The van der Waals surface area contributed by atoms with Gasteiger partial charge in [-0.15, -0.1) is 0 Å². The molecule has 0 bridgehead atoms. The van der Waals surface area contributed by atoms with Gasteiger partial charge in [0.15, 0.2) is 0 Å². The SMILES string of the molecule is Cc1ccnc(C)c1CC(C)C. The number of hydrogen-bond acceptors (Lipinski definition) is 1. The average Bonchev–Trinajstić information content (AvgIpc) is 1.97. The van der Waals surface area contributed by atoms with Crippen molar-refractivity contribution in [3.8, 4) is 0 Å². The summed E-state index contributed by atoms with van der Waals surface area (Å²) in [4.78, 5) is 4.29. The molecule has 1 nitrogen and oxygen atoms in total. The molecule has 0 aliphatic heterocycles. The van der Waals surface area contributed by atoms with E-state index >= 15 is 0 Å². The van der Waals surface area contributed by atoms with Crippen molar-refractivity contribution in [3.63, 3.8) is 0 Å². The zero-order valence-corrected chi connectivity index (χ0v) is 8.39. The summed E-state index contributed by atoms with van der Waals surface area (Å²) in [6.07, 6.45) is 3.03. The smallest absolute Gasteiger partial charge is 0.0407 e. The molecule has 0 aromatic carbocycles. The van der Waals surface area contributed by atoms with Crippen LogP contribution < -0.4 is 0 Å². The maximum absolute atomic E-state index is 4.29. The van der Waals surface area contributed by atoms with Crippen molar-refractivity contribution in [3.05, 3.63) is 29.1 Å². The van der Waals surface area contributed by atoms with E-state index in [0.717, 1.165) is 6.42 Å². The second kappa shape index (κ2) is 3.70. The van der Waals surface area contributed by atoms with Gasteiger partial charge in [-0.25, -0.2) is 0 Å². The molecule has 0 unspecified atom stereocenters. The Morgan fingerprint density at radius 2 is 2.00 bits per heavy atom. The lowest BCUT2D eigenvalue weighted by Gasteiger charge is -2.10. The van der Waals surface area contributed by atoms with Crippen molar-refractivity contribution in [1.82, 2.24) is 4.98 Å². The van der Waals surface area contributed by atoms with E-state index < -0.39 is 0 Å². The molecule has 12 heavy (non-hydrogen) atoms. The maximum atomic E-state index is 4.29. The van der Waals surface area contributed by atoms with Gasteiger partial charge < -0.3 is 0 Å². The van der Waals surface area contributed by atoms with Crippen LogP contribution in [0.2, 0.25) is 0 Å². The second-order valence-corrected chi connectivity index (χ2v) is 3.79. The molecule has 0 aliphatic rings. The summed E-state index contributed by atoms with van der Waals surface area (Å²) in [5.74, 6) is 0.714. The van der Waals surface area contributed by atoms with Gasteiger partial charge >= 0.3 is 0 Å². The summed E-state index contributed by atoms with van der Waals surface area (Å²) in [6.45, 7) is 8.73. The lowest BCUT2D eigenvalue weighted by molar-refractivity contribution is 0.640. The third kappa shape index (κ3) is 2.07. The van der Waals surface area contributed by atoms with Gasteiger partial charge in [0, 0.05) is 11.9 Å². The van der Waals surface area contributed by atoms with Crippen molar-refractivity contribution < 1.29 is 0 Å². The zero-order chi connectivity index (χ0) is 9.14. The molecular formula is C11H17N. The minimum absolute atomic E-state index is 0.714. The van der Waals surface area contributed by atoms with Crippen LogP contribution >= 0.6 is 0 Å². The Labute approximate surface area is 74.8 Å². The molecule has 0 atom stereocenters. The van der Waals surface area contributed by atoms with E-state index in [1.807, 2.05) is 6.20 Å². The minimum atomic E-state index is 0.714. The molecule has 0 aliphatic carbocycles. The van der Waals surface area contributed by atoms with Gasteiger partial charge in [0.25, 0.3) is 0 Å². The van der Waals surface area contributed by atoms with Gasteiger partial charge in [-0.2, -0.15) is 0 Å². The Bertz CT molecular complexity index is 243. The monoisotopic (exact) mass is 163 g/mol. The predicted octanol–water partition coefficient (Wildman–Crippen LogP) is 2.90. The molecule has 0 radical (unpaired) electrons. The van der Waals surface area contributed by atoms with E-state index in [1.54, 1.807) is 0 Å². The van der Waals surface area contributed by atoms with Gasteiger partial charge in [0.2, 0.25) is 0 Å². The molecule has 66 valence electrons. The number of rotatable bonds is 2. The number of nitrogens with zero attached hydrogens (tertiary/aromatic N) is 1. The van der Waals surface area contributed by atoms with Crippen molar-refractivity contribution in [2.75, 3.05) is 0 Å². The molecule has 0 amide bonds. The normalized spacial score (nSPS) is 10.8. The summed E-state index contributed by atoms with van der Waals surface area (Å²) in [7, 11) is 0. The Balaban J connectivity index is 2.96. The first kappa shape index (κ1) is 9.24. The Morgan fingerprint density at radius 3 is 2.50 bits per heavy atom. The fourth-order valence-corrected chi connectivity index (χ4v) is 1.44. The average molecular weight is 163 g/mol. The minimum Gasteiger partial charge on any atom is -0.261 e. The van der Waals surface area contributed by atoms with Crippen LogP contribution in [0.4, 0.5) is 0 Å². The molecule has 1 heteroatoms. The molecule has 0 fully saturated rings. The Kier molecular flexibility index (Phi) is 2.85. The van der Waals surface area contributed by atoms with Gasteiger partial charge in [-0.3, -0.25) is 4.98 Å². The van der Waals surface area contributed by atoms with Crippen molar-refractivity contribution in [1.29, 1.82) is 0 Å². The molecule has 0 spiro atoms. The lowest BCUT2D eigenvalue weighted by Crippen LogP contribution is -2.01. The molecular weight excluding hydrogens is 146 g/mol. The first-order valence-electron chi connectivity index (χ1n) is 4.52. The predicted molar refractivity (Wildman–Crippen MR) is 52.3 cm³/mol. The van der Waals surface area contributed by atoms with Crippen LogP contribution in [0.15, 0.2) is 12.3 Å². The highest BCUT2D eigenvalue weighted by Gasteiger charge is 2.04. The Hall–Kier alpha value is -0.850. The number of aryl methyl sites for hydroxylation is 2. The molecule has 0 saturated heterocycles. The highest BCUT2D eigenvalue weighted by atomic mass is 14.7. The Morgan fingerprint density at radius 1 is 1.33 bits per heavy atom. The topological polar surface area (TPSA) is 12.9 Å². The van der Waals surface area contributed by atoms with Crippen LogP contribution in [0.1, 0.15) is 30.7 Å². The summed E-state index contributed by atoms with van der Waals surface area (Å²) < 4.78 is 0. The molecule has 0 saturated carbocycles. The van der Waals surface area contributed by atoms with Crippen LogP contribution in [0.5, 0.6) is 0 Å². The second-order valence-electron chi connectivity index (χ2n) is 3.79. The van der Waals surface area contributed by atoms with Crippen LogP contribution in [0, 0.1) is 19.8 Å². The van der Waals surface area contributed by atoms with Crippen molar-refractivity contribution >= 4 is 0 Å². The van der Waals surface area contributed by atoms with Gasteiger partial charge in [-0.1, -0.05) is 13.8 Å². The zero-order valence-electron chi connectivity index (χ0n) is 8.39. The molecule has 1 rings (SSSR count). The number of hydrogen-bond donors (Lipinski definition) is 0. The highest BCUT2D eigenvalue weighted by Crippen LogP contribution is 2.15. The van der Waals surface area contributed by atoms with Gasteiger partial charge in [0.05, 0.1) is 0 Å². The van der Waals surface area contributed by atoms with Crippen molar-refractivity contribution in [2.45, 2.75) is 34.1 Å². The van der Waals surface area contributed by atoms with Crippen LogP contribution in [-0.2, 0) is 6.42 Å². The van der Waals surface area contributed by atoms with Gasteiger partial charge in [0.1, 0.15) is 0 Å². The van der Waals surface area contributed by atoms with E-state index in [-0.39, 0.29) is 0 Å². The molecule has 1 heterocycles. The van der Waals surface area contributed by atoms with Crippen molar-refractivity contribution in [2.24, 2.45) is 5.92 Å². The van der Waals surface area contributed by atoms with Crippen LogP contribution in [-0.4, -0.2) is 4.98 Å². The first-order chi connectivity index (χ1) is 5.61. The third-order valence-corrected chi connectivity index (χ3v) is 2.12. The quantitative estimate of drug-likeness (QED) is 0.653. The summed E-state index contributed by atoms with van der Waals surface area (Å²) >= 11 is 0. The van der Waals surface area contributed by atoms with E-state index in [4.69, 9.17) is 0 Å². The largest absolute Gasteiger partial charge is 0.261 e. The standard InChI is InChI=1S/C11H17N/c1-8(2)7-11-9(3)5-6-12-10(11)4/h5-6,8H,7H2,1-4H3. The fourth-order valence-electron chi connectivity index (χ4n) is 1.44. The van der Waals surface area contributed by atoms with E-state index in [1.165, 1.54) is 16.8 Å². The first-order valence-corrected chi connectivity index (χ1v) is 4.52. The summed E-state index contributed by atoms with van der Waals surface area (Å²) in [5, 5.41) is 0. The number of pyridine rings is 1. The number of aromatic nitrogens is 1. The summed E-state index contributed by atoms with van der Waals surface area (Å²) in [6, 6.07) is 2.09. The molecule has 0 N–H and O–H groups in total.